The Hall–Kier alpha value is -3.30. The van der Waals surface area contributed by atoms with Crippen LogP contribution in [0.15, 0.2) is 69.9 Å². The van der Waals surface area contributed by atoms with Crippen LogP contribution in [-0.2, 0) is 4.79 Å². The fourth-order valence-electron chi connectivity index (χ4n) is 2.67. The molecule has 9 heteroatoms. The summed E-state index contributed by atoms with van der Waals surface area (Å²) >= 11 is 2.62. The lowest BCUT2D eigenvalue weighted by Gasteiger charge is -2.05. The molecule has 4 rings (SSSR count). The molecule has 29 heavy (non-hydrogen) atoms. The summed E-state index contributed by atoms with van der Waals surface area (Å²) < 4.78 is 0. The van der Waals surface area contributed by atoms with Gasteiger partial charge < -0.3 is 0 Å². The Balaban J connectivity index is 1.59. The molecule has 1 aromatic heterocycles. The minimum Gasteiger partial charge on any atom is -0.289 e. The first kappa shape index (κ1) is 19.0. The summed E-state index contributed by atoms with van der Waals surface area (Å²) in [6.45, 7) is 0. The minimum atomic E-state index is -0.461. The third-order valence-corrected chi connectivity index (χ3v) is 5.93. The molecule has 7 nitrogen and oxygen atoms in total. The lowest BCUT2D eigenvalue weighted by molar-refractivity contribution is -0.384. The standard InChI is InChI=1S/C20H14N4O3S2/c1-23-18(25)17(11-13-6-5-9-15(10-13)24(26)27)29-20(23)22-19-21-16(12-28-19)14-7-3-2-4-8-14/h2-12H,1H3/b17-11-,22-20+. The number of benzene rings is 2. The smallest absolute Gasteiger partial charge is 0.270 e. The van der Waals surface area contributed by atoms with Crippen LogP contribution in [0.25, 0.3) is 17.3 Å². The molecule has 1 saturated heterocycles. The van der Waals surface area contributed by atoms with Crippen molar-refractivity contribution in [3.05, 3.63) is 80.6 Å². The predicted molar refractivity (Wildman–Crippen MR) is 116 cm³/mol. The molecular formula is C20H14N4O3S2. The van der Waals surface area contributed by atoms with Crippen molar-refractivity contribution in [1.82, 2.24) is 9.88 Å². The Morgan fingerprint density at radius 2 is 1.97 bits per heavy atom. The molecule has 0 aliphatic carbocycles. The van der Waals surface area contributed by atoms with E-state index >= 15 is 0 Å². The first-order valence-electron chi connectivity index (χ1n) is 8.53. The van der Waals surface area contributed by atoms with E-state index in [1.165, 1.54) is 40.1 Å². The lowest BCUT2D eigenvalue weighted by Crippen LogP contribution is -2.23. The normalized spacial score (nSPS) is 16.7. The largest absolute Gasteiger partial charge is 0.289 e. The Kier molecular flexibility index (Phi) is 5.24. The number of nitro groups is 1. The molecule has 3 aromatic rings. The molecule has 0 bridgehead atoms. The molecule has 2 heterocycles. The Labute approximate surface area is 174 Å². The van der Waals surface area contributed by atoms with E-state index in [0.717, 1.165) is 11.3 Å². The number of nitrogens with zero attached hydrogens (tertiary/aromatic N) is 4. The number of hydrogen-bond acceptors (Lipinski definition) is 7. The summed E-state index contributed by atoms with van der Waals surface area (Å²) in [5, 5.41) is 13.9. The molecule has 0 N–H and O–H groups in total. The van der Waals surface area contributed by atoms with E-state index in [9.17, 15) is 14.9 Å². The summed E-state index contributed by atoms with van der Waals surface area (Å²) in [5.74, 6) is -0.208. The number of nitro benzene ring substituents is 1. The van der Waals surface area contributed by atoms with Gasteiger partial charge in [-0.15, -0.1) is 11.3 Å². The van der Waals surface area contributed by atoms with Crippen LogP contribution in [0.2, 0.25) is 0 Å². The van der Waals surface area contributed by atoms with Gasteiger partial charge in [-0.25, -0.2) is 4.98 Å². The highest BCUT2D eigenvalue weighted by atomic mass is 32.2. The maximum atomic E-state index is 12.6. The molecule has 1 fully saturated rings. The van der Waals surface area contributed by atoms with Crippen molar-refractivity contribution in [3.8, 4) is 11.3 Å². The van der Waals surface area contributed by atoms with Crippen LogP contribution >= 0.6 is 23.1 Å². The summed E-state index contributed by atoms with van der Waals surface area (Å²) in [4.78, 5) is 34.0. The third kappa shape index (κ3) is 4.10. The average Bonchev–Trinajstić information content (AvgIpc) is 3.30. The molecule has 0 spiro atoms. The molecule has 0 atom stereocenters. The molecule has 0 saturated carbocycles. The van der Waals surface area contributed by atoms with Crippen LogP contribution in [0.3, 0.4) is 0 Å². The molecular weight excluding hydrogens is 408 g/mol. The molecule has 1 amide bonds. The van der Waals surface area contributed by atoms with E-state index in [4.69, 9.17) is 0 Å². The summed E-state index contributed by atoms with van der Waals surface area (Å²) in [6, 6.07) is 16.0. The maximum Gasteiger partial charge on any atom is 0.270 e. The van der Waals surface area contributed by atoms with Crippen LogP contribution in [0, 0.1) is 10.1 Å². The first-order valence-corrected chi connectivity index (χ1v) is 10.2. The number of thioether (sulfide) groups is 1. The average molecular weight is 422 g/mol. The second kappa shape index (κ2) is 7.98. The van der Waals surface area contributed by atoms with Crippen molar-refractivity contribution in [1.29, 1.82) is 0 Å². The van der Waals surface area contributed by atoms with E-state index in [2.05, 4.69) is 9.98 Å². The third-order valence-electron chi connectivity index (χ3n) is 4.14. The van der Waals surface area contributed by atoms with Crippen LogP contribution in [0.5, 0.6) is 0 Å². The summed E-state index contributed by atoms with van der Waals surface area (Å²) in [5.41, 5.74) is 2.41. The van der Waals surface area contributed by atoms with Crippen molar-refractivity contribution in [2.45, 2.75) is 0 Å². The number of carbonyl (C=O) groups excluding carboxylic acids is 1. The highest BCUT2D eigenvalue weighted by Gasteiger charge is 2.30. The maximum absolute atomic E-state index is 12.6. The zero-order valence-corrected chi connectivity index (χ0v) is 16.8. The molecule has 144 valence electrons. The Morgan fingerprint density at radius 1 is 1.17 bits per heavy atom. The number of aromatic nitrogens is 1. The van der Waals surface area contributed by atoms with Gasteiger partial charge in [-0.1, -0.05) is 42.5 Å². The van der Waals surface area contributed by atoms with Gasteiger partial charge in [0.1, 0.15) is 0 Å². The van der Waals surface area contributed by atoms with Gasteiger partial charge in [0.2, 0.25) is 5.13 Å². The van der Waals surface area contributed by atoms with Crippen LogP contribution in [-0.4, -0.2) is 32.9 Å². The van der Waals surface area contributed by atoms with Crippen molar-refractivity contribution in [3.63, 3.8) is 0 Å². The second-order valence-electron chi connectivity index (χ2n) is 6.10. The molecule has 0 radical (unpaired) electrons. The highest BCUT2D eigenvalue weighted by Crippen LogP contribution is 2.35. The SMILES string of the molecule is CN1C(=O)/C(=C/c2cccc([N+](=O)[O-])c2)S/C1=N/c1nc(-c2ccccc2)cs1. The molecule has 1 aliphatic rings. The summed E-state index contributed by atoms with van der Waals surface area (Å²) in [6.07, 6.45) is 1.64. The number of amidine groups is 1. The zero-order valence-electron chi connectivity index (χ0n) is 15.2. The van der Waals surface area contributed by atoms with Crippen molar-refractivity contribution < 1.29 is 9.72 Å². The second-order valence-corrected chi connectivity index (χ2v) is 7.95. The topological polar surface area (TPSA) is 88.7 Å². The first-order chi connectivity index (χ1) is 14.0. The lowest BCUT2D eigenvalue weighted by atomic mass is 10.2. The van der Waals surface area contributed by atoms with Crippen LogP contribution in [0.4, 0.5) is 10.8 Å². The van der Waals surface area contributed by atoms with Crippen molar-refractivity contribution >= 4 is 51.1 Å². The Bertz CT molecular complexity index is 1160. The number of carbonyl (C=O) groups is 1. The minimum absolute atomic E-state index is 0.0201. The molecule has 1 aliphatic heterocycles. The van der Waals surface area contributed by atoms with Gasteiger partial charge >= 0.3 is 0 Å². The highest BCUT2D eigenvalue weighted by molar-refractivity contribution is 8.18. The number of rotatable bonds is 4. The molecule has 0 unspecified atom stereocenters. The zero-order chi connectivity index (χ0) is 20.4. The predicted octanol–water partition coefficient (Wildman–Crippen LogP) is 4.95. The van der Waals surface area contributed by atoms with E-state index in [1.807, 2.05) is 35.7 Å². The van der Waals surface area contributed by atoms with Gasteiger partial charge in [-0.2, -0.15) is 4.99 Å². The van der Waals surface area contributed by atoms with E-state index in [1.54, 1.807) is 25.3 Å². The number of likely N-dealkylation sites (N-methyl/N-ethyl adjacent to an activating group) is 1. The quantitative estimate of drug-likeness (QED) is 0.337. The van der Waals surface area contributed by atoms with Crippen LogP contribution < -0.4 is 0 Å². The van der Waals surface area contributed by atoms with E-state index in [0.29, 0.717) is 20.8 Å². The number of non-ortho nitro benzene ring substituents is 1. The molecule has 2 aromatic carbocycles. The number of thiazole rings is 1. The number of aliphatic imine (C=N–C) groups is 1. The van der Waals surface area contributed by atoms with E-state index < -0.39 is 4.92 Å². The summed E-state index contributed by atoms with van der Waals surface area (Å²) in [7, 11) is 1.65. The van der Waals surface area contributed by atoms with Gasteiger partial charge in [-0.05, 0) is 23.4 Å². The Morgan fingerprint density at radius 3 is 2.72 bits per heavy atom. The van der Waals surface area contributed by atoms with Gasteiger partial charge in [-0.3, -0.25) is 19.8 Å². The monoisotopic (exact) mass is 422 g/mol. The van der Waals surface area contributed by atoms with Crippen LogP contribution in [0.1, 0.15) is 5.56 Å². The van der Waals surface area contributed by atoms with E-state index in [-0.39, 0.29) is 11.6 Å². The number of amides is 1. The van der Waals surface area contributed by atoms with Crippen molar-refractivity contribution in [2.75, 3.05) is 7.05 Å². The number of hydrogen-bond donors (Lipinski definition) is 0. The van der Waals surface area contributed by atoms with Crippen molar-refractivity contribution in [2.24, 2.45) is 4.99 Å². The fraction of sp³-hybridized carbons (Fsp3) is 0.0500. The van der Waals surface area contributed by atoms with Gasteiger partial charge in [0.25, 0.3) is 11.6 Å². The van der Waals surface area contributed by atoms with Gasteiger partial charge in [0, 0.05) is 30.1 Å². The van der Waals surface area contributed by atoms with Gasteiger partial charge in [0.05, 0.1) is 15.5 Å². The van der Waals surface area contributed by atoms with Gasteiger partial charge in [0.15, 0.2) is 5.17 Å². The fourth-order valence-corrected chi connectivity index (χ4v) is 4.39.